The number of anilines is 1. The fraction of sp³-hybridized carbons (Fsp3) is 0.600. The molecule has 2 aliphatic rings. The molecule has 0 amide bonds. The molecule has 98 valence electrons. The fourth-order valence-electron chi connectivity index (χ4n) is 3.14. The van der Waals surface area contributed by atoms with Crippen LogP contribution in [0.3, 0.4) is 0 Å². The molecule has 0 aromatic heterocycles. The summed E-state index contributed by atoms with van der Waals surface area (Å²) in [7, 11) is 0. The molecule has 1 atom stereocenters. The summed E-state index contributed by atoms with van der Waals surface area (Å²) in [4.78, 5) is 2.54. The zero-order valence-electron chi connectivity index (χ0n) is 11.0. The van der Waals surface area contributed by atoms with E-state index in [0.717, 1.165) is 32.7 Å². The van der Waals surface area contributed by atoms with Crippen LogP contribution >= 0.6 is 0 Å². The third kappa shape index (κ3) is 2.52. The first-order valence-electron chi connectivity index (χ1n) is 7.20. The standard InChI is InChI=1S/C15H23N3/c1-2-6-15(18-10-8-16-9-11-18)14(5-1)13-4-3-7-17-12-13/h1-2,5-6,13,16-17H,3-4,7-12H2. The predicted octanol–water partition coefficient (Wildman–Crippen LogP) is 1.56. The molecule has 1 aromatic carbocycles. The number of rotatable bonds is 2. The van der Waals surface area contributed by atoms with E-state index in [1.54, 1.807) is 5.56 Å². The van der Waals surface area contributed by atoms with E-state index in [4.69, 9.17) is 0 Å². The van der Waals surface area contributed by atoms with E-state index in [2.05, 4.69) is 39.8 Å². The number of piperidine rings is 1. The lowest BCUT2D eigenvalue weighted by molar-refractivity contribution is 0.460. The van der Waals surface area contributed by atoms with Gasteiger partial charge < -0.3 is 15.5 Å². The summed E-state index contributed by atoms with van der Waals surface area (Å²) in [6.45, 7) is 6.82. The van der Waals surface area contributed by atoms with Gasteiger partial charge in [0.15, 0.2) is 0 Å². The highest BCUT2D eigenvalue weighted by Gasteiger charge is 2.21. The van der Waals surface area contributed by atoms with Gasteiger partial charge in [0.2, 0.25) is 0 Å². The maximum absolute atomic E-state index is 3.53. The Morgan fingerprint density at radius 3 is 2.61 bits per heavy atom. The number of para-hydroxylation sites is 1. The molecular weight excluding hydrogens is 222 g/mol. The molecule has 2 fully saturated rings. The Balaban J connectivity index is 1.83. The van der Waals surface area contributed by atoms with Crippen LogP contribution in [0, 0.1) is 0 Å². The van der Waals surface area contributed by atoms with E-state index in [1.165, 1.54) is 25.1 Å². The van der Waals surface area contributed by atoms with Crippen LogP contribution in [0.15, 0.2) is 24.3 Å². The topological polar surface area (TPSA) is 27.3 Å². The predicted molar refractivity (Wildman–Crippen MR) is 76.4 cm³/mol. The lowest BCUT2D eigenvalue weighted by atomic mass is 9.90. The highest BCUT2D eigenvalue weighted by atomic mass is 15.2. The van der Waals surface area contributed by atoms with Gasteiger partial charge in [0.05, 0.1) is 0 Å². The molecule has 0 radical (unpaired) electrons. The SMILES string of the molecule is c1ccc(N2CCNCC2)c(C2CCCNC2)c1. The molecule has 0 spiro atoms. The third-order valence-corrected chi connectivity index (χ3v) is 4.13. The summed E-state index contributed by atoms with van der Waals surface area (Å²) in [5.74, 6) is 0.699. The second-order valence-electron chi connectivity index (χ2n) is 5.34. The van der Waals surface area contributed by atoms with Crippen molar-refractivity contribution < 1.29 is 0 Å². The van der Waals surface area contributed by atoms with Gasteiger partial charge >= 0.3 is 0 Å². The summed E-state index contributed by atoms with van der Waals surface area (Å²) in [5.41, 5.74) is 3.01. The van der Waals surface area contributed by atoms with E-state index in [-0.39, 0.29) is 0 Å². The number of hydrogen-bond acceptors (Lipinski definition) is 3. The minimum absolute atomic E-state index is 0.699. The number of hydrogen-bond donors (Lipinski definition) is 2. The van der Waals surface area contributed by atoms with Gasteiger partial charge in [0.1, 0.15) is 0 Å². The Labute approximate surface area is 110 Å². The molecule has 1 unspecified atom stereocenters. The van der Waals surface area contributed by atoms with Crippen molar-refractivity contribution in [2.75, 3.05) is 44.2 Å². The first kappa shape index (κ1) is 12.0. The first-order valence-corrected chi connectivity index (χ1v) is 7.20. The van der Waals surface area contributed by atoms with Crippen molar-refractivity contribution in [3.63, 3.8) is 0 Å². The smallest absolute Gasteiger partial charge is 0.0402 e. The van der Waals surface area contributed by atoms with Crippen molar-refractivity contribution >= 4 is 5.69 Å². The molecule has 18 heavy (non-hydrogen) atoms. The molecule has 3 nitrogen and oxygen atoms in total. The summed E-state index contributed by atoms with van der Waals surface area (Å²) in [6, 6.07) is 9.00. The van der Waals surface area contributed by atoms with E-state index in [0.29, 0.717) is 5.92 Å². The van der Waals surface area contributed by atoms with Crippen molar-refractivity contribution in [1.29, 1.82) is 0 Å². The monoisotopic (exact) mass is 245 g/mol. The maximum Gasteiger partial charge on any atom is 0.0402 e. The zero-order valence-corrected chi connectivity index (χ0v) is 11.0. The van der Waals surface area contributed by atoms with Gasteiger partial charge in [-0.25, -0.2) is 0 Å². The largest absolute Gasteiger partial charge is 0.369 e. The number of nitrogens with one attached hydrogen (secondary N) is 2. The van der Waals surface area contributed by atoms with Crippen LogP contribution in [0.4, 0.5) is 5.69 Å². The van der Waals surface area contributed by atoms with Gasteiger partial charge in [-0.2, -0.15) is 0 Å². The summed E-state index contributed by atoms with van der Waals surface area (Å²) in [5, 5.41) is 6.96. The lowest BCUT2D eigenvalue weighted by Crippen LogP contribution is -2.44. The minimum atomic E-state index is 0.699. The van der Waals surface area contributed by atoms with Crippen LogP contribution in [0.25, 0.3) is 0 Å². The Morgan fingerprint density at radius 2 is 1.83 bits per heavy atom. The van der Waals surface area contributed by atoms with Crippen molar-refractivity contribution in [3.8, 4) is 0 Å². The molecule has 3 rings (SSSR count). The molecule has 2 heterocycles. The molecule has 2 aliphatic heterocycles. The Bertz CT molecular complexity index is 342. The van der Waals surface area contributed by atoms with Crippen molar-refractivity contribution in [2.24, 2.45) is 0 Å². The summed E-state index contributed by atoms with van der Waals surface area (Å²) < 4.78 is 0. The van der Waals surface area contributed by atoms with Gasteiger partial charge in [-0.15, -0.1) is 0 Å². The van der Waals surface area contributed by atoms with Crippen molar-refractivity contribution in [1.82, 2.24) is 10.6 Å². The molecular formula is C15H23N3. The average Bonchev–Trinajstić information content (AvgIpc) is 2.49. The molecule has 1 aromatic rings. The average molecular weight is 245 g/mol. The van der Waals surface area contributed by atoms with Gasteiger partial charge in [-0.3, -0.25) is 0 Å². The van der Waals surface area contributed by atoms with E-state index >= 15 is 0 Å². The van der Waals surface area contributed by atoms with Gasteiger partial charge in [0, 0.05) is 38.4 Å². The zero-order chi connectivity index (χ0) is 12.2. The molecule has 2 N–H and O–H groups in total. The fourth-order valence-corrected chi connectivity index (χ4v) is 3.14. The van der Waals surface area contributed by atoms with E-state index < -0.39 is 0 Å². The molecule has 0 aliphatic carbocycles. The van der Waals surface area contributed by atoms with Crippen LogP contribution < -0.4 is 15.5 Å². The molecule has 0 saturated carbocycles. The Kier molecular flexibility index (Phi) is 3.81. The Hall–Kier alpha value is -1.06. The van der Waals surface area contributed by atoms with Crippen molar-refractivity contribution in [3.05, 3.63) is 29.8 Å². The first-order chi connectivity index (χ1) is 8.95. The van der Waals surface area contributed by atoms with Crippen LogP contribution in [-0.4, -0.2) is 39.3 Å². The van der Waals surface area contributed by atoms with Crippen molar-refractivity contribution in [2.45, 2.75) is 18.8 Å². The number of nitrogens with zero attached hydrogens (tertiary/aromatic N) is 1. The summed E-state index contributed by atoms with van der Waals surface area (Å²) >= 11 is 0. The number of benzene rings is 1. The summed E-state index contributed by atoms with van der Waals surface area (Å²) in [6.07, 6.45) is 2.64. The highest BCUT2D eigenvalue weighted by Crippen LogP contribution is 2.31. The quantitative estimate of drug-likeness (QED) is 0.828. The highest BCUT2D eigenvalue weighted by molar-refractivity contribution is 5.55. The van der Waals surface area contributed by atoms with E-state index in [1.807, 2.05) is 0 Å². The second kappa shape index (κ2) is 5.72. The molecule has 0 bridgehead atoms. The van der Waals surface area contributed by atoms with Crippen LogP contribution in [0.1, 0.15) is 24.3 Å². The van der Waals surface area contributed by atoms with Gasteiger partial charge in [-0.05, 0) is 36.9 Å². The van der Waals surface area contributed by atoms with Crippen LogP contribution in [0.2, 0.25) is 0 Å². The minimum Gasteiger partial charge on any atom is -0.369 e. The van der Waals surface area contributed by atoms with Gasteiger partial charge in [0.25, 0.3) is 0 Å². The van der Waals surface area contributed by atoms with Crippen LogP contribution in [-0.2, 0) is 0 Å². The van der Waals surface area contributed by atoms with Crippen LogP contribution in [0.5, 0.6) is 0 Å². The second-order valence-corrected chi connectivity index (χ2v) is 5.34. The molecule has 3 heteroatoms. The Morgan fingerprint density at radius 1 is 1.00 bits per heavy atom. The van der Waals surface area contributed by atoms with E-state index in [9.17, 15) is 0 Å². The number of piperazine rings is 1. The normalized spacial score (nSPS) is 25.1. The lowest BCUT2D eigenvalue weighted by Gasteiger charge is -2.34. The third-order valence-electron chi connectivity index (χ3n) is 4.13. The maximum atomic E-state index is 3.53. The molecule has 2 saturated heterocycles. The van der Waals surface area contributed by atoms with Gasteiger partial charge in [-0.1, -0.05) is 18.2 Å².